The summed E-state index contributed by atoms with van der Waals surface area (Å²) in [5.74, 6) is 0.598. The highest BCUT2D eigenvalue weighted by Gasteiger charge is 2.21. The van der Waals surface area contributed by atoms with Gasteiger partial charge in [-0.3, -0.25) is 4.68 Å². The molecule has 0 spiro atoms. The van der Waals surface area contributed by atoms with E-state index in [4.69, 9.17) is 9.68 Å². The van der Waals surface area contributed by atoms with Crippen LogP contribution in [0.4, 0.5) is 0 Å². The van der Waals surface area contributed by atoms with Gasteiger partial charge in [0.2, 0.25) is 10.0 Å². The average Bonchev–Trinajstić information content (AvgIpc) is 3.29. The van der Waals surface area contributed by atoms with Crippen LogP contribution in [0.1, 0.15) is 17.4 Å². The lowest BCUT2D eigenvalue weighted by Crippen LogP contribution is -2.31. The summed E-state index contributed by atoms with van der Waals surface area (Å²) in [7, 11) is -3.70. The van der Waals surface area contributed by atoms with E-state index in [1.165, 1.54) is 30.5 Å². The highest BCUT2D eigenvalue weighted by atomic mass is 32.2. The molecular formula is C16H14N4O3S. The van der Waals surface area contributed by atoms with Crippen molar-refractivity contribution in [3.63, 3.8) is 0 Å². The van der Waals surface area contributed by atoms with E-state index in [0.29, 0.717) is 11.3 Å². The van der Waals surface area contributed by atoms with E-state index in [2.05, 4.69) is 9.82 Å². The van der Waals surface area contributed by atoms with Crippen LogP contribution < -0.4 is 4.72 Å². The van der Waals surface area contributed by atoms with Crippen molar-refractivity contribution in [3.05, 3.63) is 72.4 Å². The summed E-state index contributed by atoms with van der Waals surface area (Å²) >= 11 is 0. The molecule has 0 radical (unpaired) electrons. The van der Waals surface area contributed by atoms with Gasteiger partial charge in [0.15, 0.2) is 0 Å². The summed E-state index contributed by atoms with van der Waals surface area (Å²) < 4.78 is 34.4. The minimum absolute atomic E-state index is 0.0809. The van der Waals surface area contributed by atoms with Crippen molar-refractivity contribution in [2.75, 3.05) is 6.54 Å². The number of furan rings is 1. The maximum Gasteiger partial charge on any atom is 0.240 e. The number of aromatic nitrogens is 2. The van der Waals surface area contributed by atoms with E-state index in [0.717, 1.165) is 0 Å². The van der Waals surface area contributed by atoms with Gasteiger partial charge in [-0.15, -0.1) is 0 Å². The molecule has 0 saturated heterocycles. The second-order valence-electron chi connectivity index (χ2n) is 5.01. The van der Waals surface area contributed by atoms with Crippen LogP contribution in [0, 0.1) is 11.3 Å². The third-order valence-corrected chi connectivity index (χ3v) is 4.92. The Morgan fingerprint density at radius 2 is 2.04 bits per heavy atom. The minimum atomic E-state index is -3.70. The quantitative estimate of drug-likeness (QED) is 0.737. The van der Waals surface area contributed by atoms with E-state index >= 15 is 0 Å². The molecule has 0 amide bonds. The molecule has 1 atom stereocenters. The summed E-state index contributed by atoms with van der Waals surface area (Å²) in [5.41, 5.74) is 0.402. The monoisotopic (exact) mass is 342 g/mol. The van der Waals surface area contributed by atoms with Gasteiger partial charge in [-0.2, -0.15) is 10.4 Å². The van der Waals surface area contributed by atoms with Crippen LogP contribution in [0.2, 0.25) is 0 Å². The van der Waals surface area contributed by atoms with E-state index < -0.39 is 16.1 Å². The number of nitriles is 1. The number of rotatable bonds is 6. The van der Waals surface area contributed by atoms with Crippen molar-refractivity contribution in [2.24, 2.45) is 0 Å². The van der Waals surface area contributed by atoms with Gasteiger partial charge in [-0.1, -0.05) is 0 Å². The van der Waals surface area contributed by atoms with Crippen LogP contribution in [-0.4, -0.2) is 24.7 Å². The molecule has 0 fully saturated rings. The number of hydrogen-bond acceptors (Lipinski definition) is 5. The van der Waals surface area contributed by atoms with E-state index in [-0.39, 0.29) is 11.4 Å². The van der Waals surface area contributed by atoms with Crippen LogP contribution >= 0.6 is 0 Å². The lowest BCUT2D eigenvalue weighted by molar-refractivity contribution is 0.402. The second kappa shape index (κ2) is 6.70. The van der Waals surface area contributed by atoms with Crippen LogP contribution in [0.3, 0.4) is 0 Å². The van der Waals surface area contributed by atoms with Gasteiger partial charge in [0.1, 0.15) is 11.8 Å². The number of sulfonamides is 1. The largest absolute Gasteiger partial charge is 0.467 e. The molecule has 3 aromatic rings. The standard InChI is InChI=1S/C16H14N4O3S/c17-11-13-4-6-14(7-5-13)24(21,22)19-12-15(16-3-1-10-23-16)20-9-2-8-18-20/h1-10,15,19H,12H2/t15-/m0/s1. The normalized spacial score (nSPS) is 12.6. The topological polar surface area (TPSA) is 101 Å². The molecule has 0 aliphatic heterocycles. The first kappa shape index (κ1) is 16.0. The van der Waals surface area contributed by atoms with Crippen molar-refractivity contribution < 1.29 is 12.8 Å². The highest BCUT2D eigenvalue weighted by Crippen LogP contribution is 2.18. The smallest absolute Gasteiger partial charge is 0.240 e. The van der Waals surface area contributed by atoms with Crippen LogP contribution in [0.25, 0.3) is 0 Å². The Kier molecular flexibility index (Phi) is 4.46. The van der Waals surface area contributed by atoms with Gasteiger partial charge in [0.25, 0.3) is 0 Å². The molecular weight excluding hydrogens is 328 g/mol. The third kappa shape index (κ3) is 3.37. The first-order valence-corrected chi connectivity index (χ1v) is 8.61. The van der Waals surface area contributed by atoms with Gasteiger partial charge in [-0.25, -0.2) is 13.1 Å². The minimum Gasteiger partial charge on any atom is -0.467 e. The molecule has 2 aromatic heterocycles. The fraction of sp³-hybridized carbons (Fsp3) is 0.125. The molecule has 3 rings (SSSR count). The lowest BCUT2D eigenvalue weighted by Gasteiger charge is -2.16. The van der Waals surface area contributed by atoms with Crippen molar-refractivity contribution in [1.82, 2.24) is 14.5 Å². The number of benzene rings is 1. The fourth-order valence-corrected chi connectivity index (χ4v) is 3.29. The predicted octanol–water partition coefficient (Wildman–Crippen LogP) is 1.92. The van der Waals surface area contributed by atoms with E-state index in [1.807, 2.05) is 6.07 Å². The van der Waals surface area contributed by atoms with Gasteiger partial charge < -0.3 is 4.42 Å². The Labute approximate surface area is 139 Å². The van der Waals surface area contributed by atoms with Crippen molar-refractivity contribution in [2.45, 2.75) is 10.9 Å². The molecule has 122 valence electrons. The van der Waals surface area contributed by atoms with Crippen LogP contribution in [0.5, 0.6) is 0 Å². The first-order chi connectivity index (χ1) is 11.6. The first-order valence-electron chi connectivity index (χ1n) is 7.12. The maximum atomic E-state index is 12.4. The van der Waals surface area contributed by atoms with Crippen molar-refractivity contribution in [1.29, 1.82) is 5.26 Å². The van der Waals surface area contributed by atoms with E-state index in [9.17, 15) is 8.42 Å². The molecule has 7 nitrogen and oxygen atoms in total. The predicted molar refractivity (Wildman–Crippen MR) is 85.4 cm³/mol. The van der Waals surface area contributed by atoms with E-state index in [1.54, 1.807) is 35.3 Å². The maximum absolute atomic E-state index is 12.4. The zero-order valence-corrected chi connectivity index (χ0v) is 13.3. The molecule has 0 bridgehead atoms. The number of nitrogens with zero attached hydrogens (tertiary/aromatic N) is 3. The zero-order chi connectivity index (χ0) is 17.0. The molecule has 0 unspecified atom stereocenters. The summed E-state index contributed by atoms with van der Waals surface area (Å²) in [5, 5.41) is 12.9. The van der Waals surface area contributed by atoms with Gasteiger partial charge in [-0.05, 0) is 42.5 Å². The van der Waals surface area contributed by atoms with Gasteiger partial charge in [0.05, 0.1) is 22.8 Å². The summed E-state index contributed by atoms with van der Waals surface area (Å²) in [6.07, 6.45) is 4.88. The van der Waals surface area contributed by atoms with Crippen LogP contribution in [0.15, 0.2) is 70.4 Å². The molecule has 1 aromatic carbocycles. The molecule has 24 heavy (non-hydrogen) atoms. The second-order valence-corrected chi connectivity index (χ2v) is 6.77. The molecule has 0 aliphatic carbocycles. The fourth-order valence-electron chi connectivity index (χ4n) is 2.25. The molecule has 2 heterocycles. The molecule has 0 aliphatic rings. The van der Waals surface area contributed by atoms with Crippen molar-refractivity contribution in [3.8, 4) is 6.07 Å². The van der Waals surface area contributed by atoms with Gasteiger partial charge in [0, 0.05) is 18.9 Å². The zero-order valence-electron chi connectivity index (χ0n) is 12.5. The van der Waals surface area contributed by atoms with Gasteiger partial charge >= 0.3 is 0 Å². The number of nitrogens with one attached hydrogen (secondary N) is 1. The van der Waals surface area contributed by atoms with Crippen LogP contribution in [-0.2, 0) is 10.0 Å². The Morgan fingerprint density at radius 1 is 1.25 bits per heavy atom. The Hall–Kier alpha value is -2.89. The average molecular weight is 342 g/mol. The molecule has 0 saturated carbocycles. The number of hydrogen-bond donors (Lipinski definition) is 1. The SMILES string of the molecule is N#Cc1ccc(S(=O)(=O)NC[C@@H](c2ccco2)n2cccn2)cc1. The summed E-state index contributed by atoms with van der Waals surface area (Å²) in [4.78, 5) is 0.0974. The Balaban J connectivity index is 1.80. The third-order valence-electron chi connectivity index (χ3n) is 3.48. The lowest BCUT2D eigenvalue weighted by atomic mass is 10.2. The Bertz CT molecular complexity index is 890. The Morgan fingerprint density at radius 3 is 2.62 bits per heavy atom. The van der Waals surface area contributed by atoms with Crippen molar-refractivity contribution >= 4 is 10.0 Å². The highest BCUT2D eigenvalue weighted by molar-refractivity contribution is 7.89. The molecule has 1 N–H and O–H groups in total. The summed E-state index contributed by atoms with van der Waals surface area (Å²) in [6.45, 7) is 0.0809. The molecule has 8 heteroatoms. The summed E-state index contributed by atoms with van der Waals surface area (Å²) in [6, 6.07) is 12.5.